The van der Waals surface area contributed by atoms with Gasteiger partial charge in [0.1, 0.15) is 0 Å². The number of piperidine rings is 1. The first-order valence-electron chi connectivity index (χ1n) is 7.08. The normalized spacial score (nSPS) is 16.3. The third-order valence-electron chi connectivity index (χ3n) is 3.77. The van der Waals surface area contributed by atoms with Crippen LogP contribution >= 0.6 is 11.6 Å². The number of carbonyl (C=O) groups is 1. The van der Waals surface area contributed by atoms with Crippen LogP contribution < -0.4 is 0 Å². The Morgan fingerprint density at radius 2 is 2.05 bits per heavy atom. The van der Waals surface area contributed by atoms with Crippen molar-refractivity contribution >= 4 is 27.3 Å². The highest BCUT2D eigenvalue weighted by atomic mass is 35.5. The molecule has 1 heterocycles. The van der Waals surface area contributed by atoms with Crippen molar-refractivity contribution < 1.29 is 13.2 Å². The van der Waals surface area contributed by atoms with Gasteiger partial charge in [-0.3, -0.25) is 4.79 Å². The summed E-state index contributed by atoms with van der Waals surface area (Å²) in [4.78, 5) is 13.9. The van der Waals surface area contributed by atoms with Gasteiger partial charge in [0, 0.05) is 30.5 Å². The van der Waals surface area contributed by atoms with E-state index in [4.69, 9.17) is 16.9 Å². The van der Waals surface area contributed by atoms with Crippen LogP contribution in [0.4, 0.5) is 0 Å². The summed E-state index contributed by atoms with van der Waals surface area (Å²) in [7, 11) is -3.52. The number of likely N-dealkylation sites (tertiary alicyclic amines) is 1. The summed E-state index contributed by atoms with van der Waals surface area (Å²) in [6.07, 6.45) is 1.26. The molecule has 0 atom stereocenters. The van der Waals surface area contributed by atoms with Crippen LogP contribution in [0, 0.1) is 17.2 Å². The van der Waals surface area contributed by atoms with E-state index in [1.807, 2.05) is 0 Å². The summed E-state index contributed by atoms with van der Waals surface area (Å²) in [6, 6.07) is 8.24. The van der Waals surface area contributed by atoms with Gasteiger partial charge in [0.05, 0.1) is 16.7 Å². The van der Waals surface area contributed by atoms with Crippen LogP contribution in [-0.2, 0) is 14.6 Å². The Labute approximate surface area is 135 Å². The molecular formula is C15H17ClN2O3S. The van der Waals surface area contributed by atoms with Gasteiger partial charge in [-0.25, -0.2) is 8.42 Å². The summed E-state index contributed by atoms with van der Waals surface area (Å²) < 4.78 is 24.4. The Bertz CT molecular complexity index is 689. The molecule has 1 fully saturated rings. The van der Waals surface area contributed by atoms with E-state index in [2.05, 4.69) is 6.07 Å². The number of hydrogen-bond donors (Lipinski definition) is 0. The smallest absolute Gasteiger partial charge is 0.223 e. The molecule has 0 radical (unpaired) electrons. The fraction of sp³-hybridized carbons (Fsp3) is 0.467. The van der Waals surface area contributed by atoms with Gasteiger partial charge in [-0.15, -0.1) is 0 Å². The number of carbonyl (C=O) groups excluding carboxylic acids is 1. The second-order valence-corrected chi connectivity index (χ2v) is 7.86. The number of halogens is 1. The molecule has 0 N–H and O–H groups in total. The van der Waals surface area contributed by atoms with Gasteiger partial charge in [0.2, 0.25) is 5.91 Å². The number of hydrogen-bond acceptors (Lipinski definition) is 4. The number of benzene rings is 1. The molecular weight excluding hydrogens is 324 g/mol. The Morgan fingerprint density at radius 1 is 1.36 bits per heavy atom. The molecule has 0 saturated carbocycles. The van der Waals surface area contributed by atoms with E-state index in [9.17, 15) is 13.2 Å². The van der Waals surface area contributed by atoms with Crippen molar-refractivity contribution in [2.24, 2.45) is 5.92 Å². The van der Waals surface area contributed by atoms with Crippen LogP contribution in [-0.4, -0.2) is 38.1 Å². The van der Waals surface area contributed by atoms with Crippen LogP contribution in [0.25, 0.3) is 0 Å². The standard InChI is InChI=1S/C15H17ClN2O3S/c16-13-2-1-3-14(10-13)22(20,21)9-6-15(19)18-7-4-12(11-17)5-8-18/h1-3,10,12H,4-9H2. The molecule has 1 aliphatic heterocycles. The highest BCUT2D eigenvalue weighted by Crippen LogP contribution is 2.19. The van der Waals surface area contributed by atoms with Crippen molar-refractivity contribution in [3.05, 3.63) is 29.3 Å². The lowest BCUT2D eigenvalue weighted by Crippen LogP contribution is -2.38. The van der Waals surface area contributed by atoms with Crippen molar-refractivity contribution in [2.75, 3.05) is 18.8 Å². The highest BCUT2D eigenvalue weighted by Gasteiger charge is 2.24. The fourth-order valence-electron chi connectivity index (χ4n) is 2.42. The van der Waals surface area contributed by atoms with Gasteiger partial charge >= 0.3 is 0 Å². The molecule has 1 saturated heterocycles. The Balaban J connectivity index is 1.92. The van der Waals surface area contributed by atoms with Gasteiger partial charge in [-0.1, -0.05) is 17.7 Å². The van der Waals surface area contributed by atoms with Crippen molar-refractivity contribution in [2.45, 2.75) is 24.2 Å². The van der Waals surface area contributed by atoms with E-state index in [0.29, 0.717) is 31.0 Å². The first-order chi connectivity index (χ1) is 10.4. The minimum absolute atomic E-state index is 0.000701. The Morgan fingerprint density at radius 3 is 2.64 bits per heavy atom. The minimum Gasteiger partial charge on any atom is -0.343 e. The van der Waals surface area contributed by atoms with E-state index in [-0.39, 0.29) is 28.9 Å². The third kappa shape index (κ3) is 4.21. The zero-order chi connectivity index (χ0) is 16.2. The summed E-state index contributed by atoms with van der Waals surface area (Å²) in [5, 5.41) is 9.18. The lowest BCUT2D eigenvalue weighted by molar-refractivity contribution is -0.131. The summed E-state index contributed by atoms with van der Waals surface area (Å²) in [5.74, 6) is -0.411. The second kappa shape index (κ2) is 7.12. The monoisotopic (exact) mass is 340 g/mol. The molecule has 5 nitrogen and oxygen atoms in total. The second-order valence-electron chi connectivity index (χ2n) is 5.31. The SMILES string of the molecule is N#CC1CCN(C(=O)CCS(=O)(=O)c2cccc(Cl)c2)CC1. The zero-order valence-corrected chi connectivity index (χ0v) is 13.6. The van der Waals surface area contributed by atoms with Gasteiger partial charge in [-0.05, 0) is 31.0 Å². The molecule has 0 spiro atoms. The van der Waals surface area contributed by atoms with Crippen LogP contribution in [0.5, 0.6) is 0 Å². The fourth-order valence-corrected chi connectivity index (χ4v) is 3.94. The van der Waals surface area contributed by atoms with E-state index in [1.165, 1.54) is 12.1 Å². The predicted octanol–water partition coefficient (Wildman–Crippen LogP) is 2.27. The molecule has 1 amide bonds. The maximum Gasteiger partial charge on any atom is 0.223 e. The van der Waals surface area contributed by atoms with E-state index >= 15 is 0 Å². The summed E-state index contributed by atoms with van der Waals surface area (Å²) in [5.41, 5.74) is 0. The number of sulfone groups is 1. The van der Waals surface area contributed by atoms with Crippen LogP contribution in [0.2, 0.25) is 5.02 Å². The van der Waals surface area contributed by atoms with Crippen molar-refractivity contribution in [1.29, 1.82) is 5.26 Å². The number of nitriles is 1. The van der Waals surface area contributed by atoms with E-state index < -0.39 is 9.84 Å². The van der Waals surface area contributed by atoms with E-state index in [1.54, 1.807) is 17.0 Å². The summed E-state index contributed by atoms with van der Waals surface area (Å²) in [6.45, 7) is 1.04. The average molecular weight is 341 g/mol. The van der Waals surface area contributed by atoms with Crippen molar-refractivity contribution in [3.8, 4) is 6.07 Å². The molecule has 0 unspecified atom stereocenters. The molecule has 1 aromatic carbocycles. The maximum atomic E-state index is 12.2. The quantitative estimate of drug-likeness (QED) is 0.842. The molecule has 22 heavy (non-hydrogen) atoms. The Kier molecular flexibility index (Phi) is 5.43. The number of nitrogens with zero attached hydrogens (tertiary/aromatic N) is 2. The molecule has 1 aliphatic rings. The zero-order valence-electron chi connectivity index (χ0n) is 12.0. The molecule has 0 bridgehead atoms. The van der Waals surface area contributed by atoms with Gasteiger partial charge in [0.15, 0.2) is 9.84 Å². The van der Waals surface area contributed by atoms with Crippen LogP contribution in [0.1, 0.15) is 19.3 Å². The van der Waals surface area contributed by atoms with Crippen LogP contribution in [0.3, 0.4) is 0 Å². The lowest BCUT2D eigenvalue weighted by atomic mass is 9.98. The average Bonchev–Trinajstić information content (AvgIpc) is 2.53. The Hall–Kier alpha value is -1.58. The molecule has 7 heteroatoms. The first-order valence-corrected chi connectivity index (χ1v) is 9.11. The number of amides is 1. The van der Waals surface area contributed by atoms with Crippen LogP contribution in [0.15, 0.2) is 29.2 Å². The minimum atomic E-state index is -3.52. The molecule has 2 rings (SSSR count). The topological polar surface area (TPSA) is 78.2 Å². The van der Waals surface area contributed by atoms with Crippen molar-refractivity contribution in [3.63, 3.8) is 0 Å². The first kappa shape index (κ1) is 16.8. The largest absolute Gasteiger partial charge is 0.343 e. The van der Waals surface area contributed by atoms with Gasteiger partial charge in [-0.2, -0.15) is 5.26 Å². The molecule has 0 aliphatic carbocycles. The molecule has 0 aromatic heterocycles. The molecule has 1 aromatic rings. The van der Waals surface area contributed by atoms with Gasteiger partial charge in [0.25, 0.3) is 0 Å². The number of rotatable bonds is 4. The lowest BCUT2D eigenvalue weighted by Gasteiger charge is -2.29. The van der Waals surface area contributed by atoms with Crippen molar-refractivity contribution in [1.82, 2.24) is 4.90 Å². The van der Waals surface area contributed by atoms with Gasteiger partial charge < -0.3 is 4.90 Å². The predicted molar refractivity (Wildman–Crippen MR) is 83.0 cm³/mol. The molecule has 118 valence electrons. The summed E-state index contributed by atoms with van der Waals surface area (Å²) >= 11 is 5.80. The third-order valence-corrected chi connectivity index (χ3v) is 5.72. The maximum absolute atomic E-state index is 12.2. The highest BCUT2D eigenvalue weighted by molar-refractivity contribution is 7.91. The van der Waals surface area contributed by atoms with E-state index in [0.717, 1.165) is 0 Å².